The van der Waals surface area contributed by atoms with E-state index in [0.717, 1.165) is 57.8 Å². The third kappa shape index (κ3) is 61.6. The van der Waals surface area contributed by atoms with Gasteiger partial charge in [0.05, 0.1) is 25.4 Å². The number of allylic oxidation sites excluding steroid dienone is 4. The highest BCUT2D eigenvalue weighted by Crippen LogP contribution is 2.18. The summed E-state index contributed by atoms with van der Waals surface area (Å²) in [5.74, 6) is -0.0442. The first kappa shape index (κ1) is 74.3. The summed E-state index contributed by atoms with van der Waals surface area (Å²) in [5, 5.41) is 23.4. The second-order valence-electron chi connectivity index (χ2n) is 23.9. The van der Waals surface area contributed by atoms with Crippen molar-refractivity contribution in [3.8, 4) is 0 Å². The predicted octanol–water partition coefficient (Wildman–Crippen LogP) is 22.1. The summed E-state index contributed by atoms with van der Waals surface area (Å²) in [6.07, 6.45) is 82.1. The zero-order valence-corrected chi connectivity index (χ0v) is 51.5. The summed E-state index contributed by atoms with van der Waals surface area (Å²) < 4.78 is 5.49. The Labute approximate surface area is 475 Å². The Bertz CT molecular complexity index is 1190. The number of rotatable bonds is 65. The molecule has 0 aliphatic carbocycles. The molecule has 6 heteroatoms. The number of esters is 1. The second-order valence-corrected chi connectivity index (χ2v) is 23.9. The van der Waals surface area contributed by atoms with E-state index in [1.165, 1.54) is 295 Å². The lowest BCUT2D eigenvalue weighted by Gasteiger charge is -2.22. The first-order valence-corrected chi connectivity index (χ1v) is 34.6. The third-order valence-electron chi connectivity index (χ3n) is 16.2. The lowest BCUT2D eigenvalue weighted by Crippen LogP contribution is -2.45. The quantitative estimate of drug-likeness (QED) is 0.0320. The summed E-state index contributed by atoms with van der Waals surface area (Å²) in [7, 11) is 0. The van der Waals surface area contributed by atoms with Gasteiger partial charge in [0, 0.05) is 12.8 Å². The second kappa shape index (κ2) is 65.9. The highest BCUT2D eigenvalue weighted by atomic mass is 16.5. The van der Waals surface area contributed by atoms with Crippen LogP contribution in [0.25, 0.3) is 0 Å². The molecule has 1 amide bonds. The number of ether oxygens (including phenoxy) is 1. The molecular formula is C70H135NO5. The van der Waals surface area contributed by atoms with Crippen molar-refractivity contribution in [2.45, 2.75) is 398 Å². The normalized spacial score (nSPS) is 12.6. The van der Waals surface area contributed by atoms with Gasteiger partial charge in [-0.25, -0.2) is 0 Å². The van der Waals surface area contributed by atoms with Crippen LogP contribution in [0.1, 0.15) is 386 Å². The Kier molecular flexibility index (Phi) is 64.4. The van der Waals surface area contributed by atoms with Gasteiger partial charge >= 0.3 is 5.97 Å². The van der Waals surface area contributed by atoms with E-state index >= 15 is 0 Å². The molecule has 6 nitrogen and oxygen atoms in total. The minimum absolute atomic E-state index is 0.000757. The average Bonchev–Trinajstić information content (AvgIpc) is 3.42. The van der Waals surface area contributed by atoms with Gasteiger partial charge in [-0.15, -0.1) is 0 Å². The maximum Gasteiger partial charge on any atom is 0.305 e. The SMILES string of the molecule is CCCCCCCC/C=C\CCCCCCCCCC(=O)OCCCCCCCCCCC/C=C\CCCCCCCC(=O)NC(CO)C(O)CCCCCCCCCCCCCCCCCCCCCCCCCC. The number of hydrogen-bond acceptors (Lipinski definition) is 5. The van der Waals surface area contributed by atoms with Crippen LogP contribution in [0.15, 0.2) is 24.3 Å². The van der Waals surface area contributed by atoms with Gasteiger partial charge in [0.25, 0.3) is 0 Å². The van der Waals surface area contributed by atoms with Crippen LogP contribution in [0, 0.1) is 0 Å². The summed E-state index contributed by atoms with van der Waals surface area (Å²) in [6, 6.07) is -0.553. The number of carbonyl (C=O) groups excluding carboxylic acids is 2. The number of carbonyl (C=O) groups is 2. The molecule has 450 valence electrons. The molecule has 0 spiro atoms. The molecule has 0 aliphatic rings. The van der Waals surface area contributed by atoms with E-state index in [2.05, 4.69) is 43.5 Å². The van der Waals surface area contributed by atoms with E-state index < -0.39 is 12.1 Å². The minimum Gasteiger partial charge on any atom is -0.466 e. The summed E-state index contributed by atoms with van der Waals surface area (Å²) >= 11 is 0. The van der Waals surface area contributed by atoms with Crippen LogP contribution in [-0.4, -0.2) is 47.4 Å². The van der Waals surface area contributed by atoms with Gasteiger partial charge in [0.1, 0.15) is 0 Å². The van der Waals surface area contributed by atoms with Gasteiger partial charge in [-0.1, -0.05) is 321 Å². The maximum atomic E-state index is 12.5. The van der Waals surface area contributed by atoms with Crippen molar-refractivity contribution in [3.05, 3.63) is 24.3 Å². The Morgan fingerprint density at radius 1 is 0.355 bits per heavy atom. The van der Waals surface area contributed by atoms with E-state index in [1.807, 2.05) is 0 Å². The van der Waals surface area contributed by atoms with Gasteiger partial charge in [-0.3, -0.25) is 9.59 Å². The van der Waals surface area contributed by atoms with Crippen molar-refractivity contribution in [2.75, 3.05) is 13.2 Å². The number of nitrogens with one attached hydrogen (secondary N) is 1. The fraction of sp³-hybridized carbons (Fsp3) is 0.914. The van der Waals surface area contributed by atoms with Gasteiger partial charge < -0.3 is 20.3 Å². The van der Waals surface area contributed by atoms with Crippen LogP contribution < -0.4 is 5.32 Å². The Balaban J connectivity index is 3.43. The molecule has 0 heterocycles. The molecule has 0 fully saturated rings. The molecule has 0 radical (unpaired) electrons. The van der Waals surface area contributed by atoms with Crippen LogP contribution in [0.5, 0.6) is 0 Å². The fourth-order valence-electron chi connectivity index (χ4n) is 10.9. The molecule has 0 aromatic carbocycles. The zero-order valence-electron chi connectivity index (χ0n) is 51.5. The Morgan fingerprint density at radius 3 is 0.934 bits per heavy atom. The van der Waals surface area contributed by atoms with Gasteiger partial charge in [0.15, 0.2) is 0 Å². The van der Waals surface area contributed by atoms with Crippen LogP contribution in [0.4, 0.5) is 0 Å². The van der Waals surface area contributed by atoms with Crippen LogP contribution >= 0.6 is 0 Å². The van der Waals surface area contributed by atoms with Gasteiger partial charge in [-0.05, 0) is 77.0 Å². The molecular weight excluding hydrogens is 935 g/mol. The average molecular weight is 1070 g/mol. The molecule has 0 aromatic rings. The summed E-state index contributed by atoms with van der Waals surface area (Å²) in [5.41, 5.74) is 0. The highest BCUT2D eigenvalue weighted by Gasteiger charge is 2.20. The van der Waals surface area contributed by atoms with Gasteiger partial charge in [-0.2, -0.15) is 0 Å². The molecule has 0 bridgehead atoms. The first-order chi connectivity index (χ1) is 37.5. The fourth-order valence-corrected chi connectivity index (χ4v) is 10.9. The van der Waals surface area contributed by atoms with Crippen molar-refractivity contribution in [2.24, 2.45) is 0 Å². The lowest BCUT2D eigenvalue weighted by molar-refractivity contribution is -0.143. The minimum atomic E-state index is -0.675. The molecule has 0 aliphatic heterocycles. The smallest absolute Gasteiger partial charge is 0.305 e. The Morgan fingerprint density at radius 2 is 0.618 bits per heavy atom. The lowest BCUT2D eigenvalue weighted by atomic mass is 10.0. The number of aliphatic hydroxyl groups is 2. The van der Waals surface area contributed by atoms with E-state index in [0.29, 0.717) is 25.9 Å². The van der Waals surface area contributed by atoms with E-state index in [1.54, 1.807) is 0 Å². The summed E-state index contributed by atoms with van der Waals surface area (Å²) in [4.78, 5) is 24.6. The monoisotopic (exact) mass is 1070 g/mol. The number of hydrogen-bond donors (Lipinski definition) is 3. The highest BCUT2D eigenvalue weighted by molar-refractivity contribution is 5.76. The van der Waals surface area contributed by atoms with Crippen LogP contribution in [0.3, 0.4) is 0 Å². The topological polar surface area (TPSA) is 95.9 Å². The molecule has 3 N–H and O–H groups in total. The molecule has 0 aromatic heterocycles. The third-order valence-corrected chi connectivity index (χ3v) is 16.2. The zero-order chi connectivity index (χ0) is 55.0. The molecule has 0 rings (SSSR count). The molecule has 2 unspecified atom stereocenters. The van der Waals surface area contributed by atoms with E-state index in [9.17, 15) is 19.8 Å². The molecule has 2 atom stereocenters. The standard InChI is InChI=1S/C70H135NO5/c1-3-5-7-9-11-13-15-17-19-21-22-23-24-25-26-27-31-34-38-42-46-50-54-58-62-68(73)67(66-72)71-69(74)63-59-55-51-47-43-39-35-32-28-29-33-37-41-45-49-53-57-61-65-76-70(75)64-60-56-52-48-44-40-36-30-20-18-16-14-12-10-8-6-4-2/h18,20,32,35,67-68,72-73H,3-17,19,21-31,33-34,36-66H2,1-2H3,(H,71,74)/b20-18-,35-32-. The maximum absolute atomic E-state index is 12.5. The van der Waals surface area contributed by atoms with Crippen molar-refractivity contribution in [1.29, 1.82) is 0 Å². The number of amides is 1. The van der Waals surface area contributed by atoms with Crippen LogP contribution in [-0.2, 0) is 14.3 Å². The largest absolute Gasteiger partial charge is 0.466 e. The molecule has 0 saturated carbocycles. The predicted molar refractivity (Wildman–Crippen MR) is 333 cm³/mol. The van der Waals surface area contributed by atoms with Crippen molar-refractivity contribution in [3.63, 3.8) is 0 Å². The van der Waals surface area contributed by atoms with E-state index in [-0.39, 0.29) is 18.5 Å². The van der Waals surface area contributed by atoms with Crippen molar-refractivity contribution < 1.29 is 24.5 Å². The van der Waals surface area contributed by atoms with Crippen LogP contribution in [0.2, 0.25) is 0 Å². The molecule has 0 saturated heterocycles. The van der Waals surface area contributed by atoms with E-state index in [4.69, 9.17) is 4.74 Å². The van der Waals surface area contributed by atoms with Gasteiger partial charge in [0.2, 0.25) is 5.91 Å². The van der Waals surface area contributed by atoms with Crippen molar-refractivity contribution >= 4 is 11.9 Å². The summed E-state index contributed by atoms with van der Waals surface area (Å²) in [6.45, 7) is 4.97. The number of unbranched alkanes of at least 4 members (excludes halogenated alkanes) is 50. The number of aliphatic hydroxyl groups excluding tert-OH is 2. The molecule has 76 heavy (non-hydrogen) atoms. The Hall–Kier alpha value is -1.66. The van der Waals surface area contributed by atoms with Crippen molar-refractivity contribution in [1.82, 2.24) is 5.32 Å². The first-order valence-electron chi connectivity index (χ1n) is 34.6.